The molecular formula is C11H18BrN5O. The topological polar surface area (TPSA) is 62.3 Å². The number of aromatic nitrogens is 2. The second-order valence-corrected chi connectivity index (χ2v) is 4.88. The van der Waals surface area contributed by atoms with Crippen molar-refractivity contribution in [3.05, 3.63) is 10.7 Å². The van der Waals surface area contributed by atoms with Crippen LogP contribution in [-0.2, 0) is 4.74 Å². The Kier molecular flexibility index (Phi) is 5.15. The van der Waals surface area contributed by atoms with Gasteiger partial charge in [0.1, 0.15) is 5.82 Å². The van der Waals surface area contributed by atoms with Gasteiger partial charge in [-0.3, -0.25) is 4.90 Å². The first-order valence-corrected chi connectivity index (χ1v) is 6.83. The van der Waals surface area contributed by atoms with Crippen LogP contribution >= 0.6 is 15.9 Å². The van der Waals surface area contributed by atoms with E-state index in [1.54, 1.807) is 13.2 Å². The maximum Gasteiger partial charge on any atom is 0.224 e. The molecule has 2 rings (SSSR count). The summed E-state index contributed by atoms with van der Waals surface area (Å²) in [7, 11) is 1.81. The van der Waals surface area contributed by atoms with E-state index in [0.717, 1.165) is 49.7 Å². The number of morpholine rings is 1. The van der Waals surface area contributed by atoms with Crippen LogP contribution in [0.25, 0.3) is 0 Å². The van der Waals surface area contributed by atoms with Gasteiger partial charge in [0.05, 0.1) is 17.7 Å². The average molecular weight is 316 g/mol. The predicted octanol–water partition coefficient (Wildman–Crippen LogP) is 1.02. The molecule has 0 saturated carbocycles. The molecule has 0 radical (unpaired) electrons. The van der Waals surface area contributed by atoms with Gasteiger partial charge in [-0.05, 0) is 15.9 Å². The van der Waals surface area contributed by atoms with Gasteiger partial charge < -0.3 is 15.4 Å². The maximum atomic E-state index is 5.32. The predicted molar refractivity (Wildman–Crippen MR) is 75.0 cm³/mol. The van der Waals surface area contributed by atoms with Crippen molar-refractivity contribution in [1.82, 2.24) is 14.9 Å². The molecule has 6 nitrogen and oxygen atoms in total. The highest BCUT2D eigenvalue weighted by Gasteiger charge is 2.10. The minimum absolute atomic E-state index is 0.618. The molecule has 0 bridgehead atoms. The Bertz CT molecular complexity index is 384. The van der Waals surface area contributed by atoms with E-state index < -0.39 is 0 Å². The third-order valence-electron chi connectivity index (χ3n) is 2.79. The molecule has 2 N–H and O–H groups in total. The second kappa shape index (κ2) is 6.86. The molecule has 1 saturated heterocycles. The average Bonchev–Trinajstić information content (AvgIpc) is 2.42. The van der Waals surface area contributed by atoms with Crippen LogP contribution in [0.3, 0.4) is 0 Å². The number of hydrogen-bond acceptors (Lipinski definition) is 6. The van der Waals surface area contributed by atoms with Crippen LogP contribution in [0.2, 0.25) is 0 Å². The van der Waals surface area contributed by atoms with E-state index in [-0.39, 0.29) is 0 Å². The van der Waals surface area contributed by atoms with Gasteiger partial charge in [0.25, 0.3) is 0 Å². The Balaban J connectivity index is 1.81. The van der Waals surface area contributed by atoms with Crippen LogP contribution in [0.1, 0.15) is 0 Å². The third-order valence-corrected chi connectivity index (χ3v) is 3.37. The van der Waals surface area contributed by atoms with Gasteiger partial charge in [0.15, 0.2) is 0 Å². The third kappa shape index (κ3) is 3.79. The molecular weight excluding hydrogens is 298 g/mol. The molecule has 18 heavy (non-hydrogen) atoms. The van der Waals surface area contributed by atoms with Gasteiger partial charge in [-0.1, -0.05) is 0 Å². The van der Waals surface area contributed by atoms with E-state index in [9.17, 15) is 0 Å². The van der Waals surface area contributed by atoms with Crippen LogP contribution in [0, 0.1) is 0 Å². The minimum Gasteiger partial charge on any atom is -0.379 e. The van der Waals surface area contributed by atoms with Gasteiger partial charge >= 0.3 is 0 Å². The van der Waals surface area contributed by atoms with Gasteiger partial charge in [-0.2, -0.15) is 4.98 Å². The van der Waals surface area contributed by atoms with Crippen molar-refractivity contribution in [1.29, 1.82) is 0 Å². The Morgan fingerprint density at radius 2 is 2.22 bits per heavy atom. The lowest BCUT2D eigenvalue weighted by Crippen LogP contribution is -2.39. The number of halogens is 1. The molecule has 1 aromatic heterocycles. The van der Waals surface area contributed by atoms with Crippen LogP contribution in [0.4, 0.5) is 11.8 Å². The summed E-state index contributed by atoms with van der Waals surface area (Å²) >= 11 is 3.44. The largest absolute Gasteiger partial charge is 0.379 e. The Labute approximate surface area is 115 Å². The lowest BCUT2D eigenvalue weighted by Gasteiger charge is -2.26. The zero-order valence-electron chi connectivity index (χ0n) is 10.4. The number of nitrogens with one attached hydrogen (secondary N) is 2. The zero-order chi connectivity index (χ0) is 12.8. The van der Waals surface area contributed by atoms with Crippen LogP contribution < -0.4 is 10.6 Å². The smallest absolute Gasteiger partial charge is 0.224 e. The van der Waals surface area contributed by atoms with Gasteiger partial charge in [-0.25, -0.2) is 4.98 Å². The standard InChI is InChI=1S/C11H18BrN5O/c1-13-11-15-8-9(12)10(16-11)14-2-3-17-4-6-18-7-5-17/h8H,2-7H2,1H3,(H2,13,14,15,16). The van der Waals surface area contributed by atoms with Crippen molar-refractivity contribution in [3.63, 3.8) is 0 Å². The Hall–Kier alpha value is -0.920. The SMILES string of the molecule is CNc1ncc(Br)c(NCCN2CCOCC2)n1. The first-order valence-electron chi connectivity index (χ1n) is 6.04. The number of anilines is 2. The van der Waals surface area contributed by atoms with Crippen molar-refractivity contribution in [2.24, 2.45) is 0 Å². The molecule has 7 heteroatoms. The molecule has 1 aromatic rings. The highest BCUT2D eigenvalue weighted by atomic mass is 79.9. The summed E-state index contributed by atoms with van der Waals surface area (Å²) in [6.45, 7) is 5.54. The molecule has 1 aliphatic heterocycles. The number of rotatable bonds is 5. The van der Waals surface area contributed by atoms with Crippen LogP contribution in [-0.4, -0.2) is 61.3 Å². The van der Waals surface area contributed by atoms with E-state index in [1.165, 1.54) is 0 Å². The number of nitrogens with zero attached hydrogens (tertiary/aromatic N) is 3. The van der Waals surface area contributed by atoms with Crippen LogP contribution in [0.5, 0.6) is 0 Å². The summed E-state index contributed by atoms with van der Waals surface area (Å²) in [5.41, 5.74) is 0. The molecule has 100 valence electrons. The van der Waals surface area contributed by atoms with Gasteiger partial charge in [0, 0.05) is 39.4 Å². The maximum absolute atomic E-state index is 5.32. The van der Waals surface area contributed by atoms with Gasteiger partial charge in [-0.15, -0.1) is 0 Å². The zero-order valence-corrected chi connectivity index (χ0v) is 12.0. The number of hydrogen-bond donors (Lipinski definition) is 2. The molecule has 2 heterocycles. The summed E-state index contributed by atoms with van der Waals surface area (Å²) in [4.78, 5) is 10.8. The molecule has 1 aliphatic rings. The monoisotopic (exact) mass is 315 g/mol. The van der Waals surface area contributed by atoms with Crippen molar-refractivity contribution in [3.8, 4) is 0 Å². The highest BCUT2D eigenvalue weighted by Crippen LogP contribution is 2.19. The number of ether oxygens (including phenoxy) is 1. The summed E-state index contributed by atoms with van der Waals surface area (Å²) in [5.74, 6) is 1.44. The summed E-state index contributed by atoms with van der Waals surface area (Å²) in [6, 6.07) is 0. The lowest BCUT2D eigenvalue weighted by atomic mass is 10.4. The lowest BCUT2D eigenvalue weighted by molar-refractivity contribution is 0.0398. The van der Waals surface area contributed by atoms with Crippen molar-refractivity contribution in [2.45, 2.75) is 0 Å². The van der Waals surface area contributed by atoms with E-state index in [0.29, 0.717) is 5.95 Å². The first-order chi connectivity index (χ1) is 8.79. The molecule has 0 unspecified atom stereocenters. The molecule has 0 spiro atoms. The summed E-state index contributed by atoms with van der Waals surface area (Å²) < 4.78 is 6.19. The quantitative estimate of drug-likeness (QED) is 0.846. The molecule has 0 aromatic carbocycles. The fraction of sp³-hybridized carbons (Fsp3) is 0.636. The van der Waals surface area contributed by atoms with E-state index in [4.69, 9.17) is 4.74 Å². The Morgan fingerprint density at radius 3 is 2.94 bits per heavy atom. The molecule has 0 aliphatic carbocycles. The van der Waals surface area contributed by atoms with Crippen molar-refractivity contribution in [2.75, 3.05) is 57.1 Å². The van der Waals surface area contributed by atoms with E-state index >= 15 is 0 Å². The fourth-order valence-electron chi connectivity index (χ4n) is 1.77. The summed E-state index contributed by atoms with van der Waals surface area (Å²) in [6.07, 6.45) is 1.75. The highest BCUT2D eigenvalue weighted by molar-refractivity contribution is 9.10. The van der Waals surface area contributed by atoms with Crippen LogP contribution in [0.15, 0.2) is 10.7 Å². The van der Waals surface area contributed by atoms with Crippen molar-refractivity contribution >= 4 is 27.7 Å². The fourth-order valence-corrected chi connectivity index (χ4v) is 2.10. The summed E-state index contributed by atoms with van der Waals surface area (Å²) in [5, 5.41) is 6.24. The normalized spacial score (nSPS) is 16.6. The van der Waals surface area contributed by atoms with E-state index in [1.807, 2.05) is 0 Å². The minimum atomic E-state index is 0.618. The molecule has 0 atom stereocenters. The van der Waals surface area contributed by atoms with Crippen molar-refractivity contribution < 1.29 is 4.74 Å². The second-order valence-electron chi connectivity index (χ2n) is 4.02. The Morgan fingerprint density at radius 1 is 1.44 bits per heavy atom. The van der Waals surface area contributed by atoms with Gasteiger partial charge in [0.2, 0.25) is 5.95 Å². The molecule has 0 amide bonds. The van der Waals surface area contributed by atoms with E-state index in [2.05, 4.69) is 41.4 Å². The molecule has 1 fully saturated rings. The first kappa shape index (κ1) is 13.5.